The van der Waals surface area contributed by atoms with E-state index in [-0.39, 0.29) is 29.9 Å². The van der Waals surface area contributed by atoms with Crippen LogP contribution in [0, 0.1) is 12.8 Å². The Hall–Kier alpha value is -2.54. The molecule has 2 aromatic rings. The van der Waals surface area contributed by atoms with Crippen LogP contribution in [-0.2, 0) is 16.1 Å². The van der Waals surface area contributed by atoms with Gasteiger partial charge in [0.25, 0.3) is 5.91 Å². The molecule has 26 heavy (non-hydrogen) atoms. The number of nitrogens with zero attached hydrogens (tertiary/aromatic N) is 1. The van der Waals surface area contributed by atoms with Crippen molar-refractivity contribution >= 4 is 11.8 Å². The third-order valence-electron chi connectivity index (χ3n) is 5.11. The first-order chi connectivity index (χ1) is 12.6. The van der Waals surface area contributed by atoms with E-state index in [9.17, 15) is 9.59 Å². The molecule has 7 nitrogen and oxygen atoms in total. The lowest BCUT2D eigenvalue weighted by Crippen LogP contribution is -2.54. The molecule has 4 rings (SSSR count). The molecular formula is C19H22N2O5. The molecule has 0 radical (unpaired) electrons. The zero-order valence-corrected chi connectivity index (χ0v) is 14.6. The minimum atomic E-state index is -0.315. The van der Waals surface area contributed by atoms with Gasteiger partial charge in [0.05, 0.1) is 30.9 Å². The van der Waals surface area contributed by atoms with Gasteiger partial charge in [-0.1, -0.05) is 0 Å². The summed E-state index contributed by atoms with van der Waals surface area (Å²) < 4.78 is 16.5. The lowest BCUT2D eigenvalue weighted by molar-refractivity contribution is -0.129. The van der Waals surface area contributed by atoms with Gasteiger partial charge in [-0.25, -0.2) is 0 Å². The number of fused-ring (bicyclic) bond motifs is 1. The van der Waals surface area contributed by atoms with E-state index in [1.807, 2.05) is 6.07 Å². The van der Waals surface area contributed by atoms with Crippen molar-refractivity contribution in [2.45, 2.75) is 38.5 Å². The monoisotopic (exact) mass is 358 g/mol. The topological polar surface area (TPSA) is 84.9 Å². The fourth-order valence-electron chi connectivity index (χ4n) is 3.79. The second-order valence-corrected chi connectivity index (χ2v) is 6.86. The molecule has 2 aromatic heterocycles. The van der Waals surface area contributed by atoms with Crippen LogP contribution >= 0.6 is 0 Å². The normalized spacial score (nSPS) is 25.1. The van der Waals surface area contributed by atoms with Gasteiger partial charge in [-0.2, -0.15) is 0 Å². The average molecular weight is 358 g/mol. The van der Waals surface area contributed by atoms with E-state index >= 15 is 0 Å². The lowest BCUT2D eigenvalue weighted by Gasteiger charge is -2.39. The van der Waals surface area contributed by atoms with Crippen LogP contribution in [0.4, 0.5) is 0 Å². The Morgan fingerprint density at radius 3 is 2.92 bits per heavy atom. The molecule has 2 aliphatic rings. The smallest absolute Gasteiger partial charge is 0.289 e. The molecule has 2 aliphatic heterocycles. The number of likely N-dealkylation sites (tertiary alicyclic amines) is 1. The average Bonchev–Trinajstić information content (AvgIpc) is 3.39. The number of furan rings is 2. The molecule has 0 unspecified atom stereocenters. The van der Waals surface area contributed by atoms with Crippen LogP contribution in [-0.4, -0.2) is 42.0 Å². The summed E-state index contributed by atoms with van der Waals surface area (Å²) in [6, 6.07) is 7.05. The number of amides is 2. The van der Waals surface area contributed by atoms with E-state index in [1.54, 1.807) is 36.3 Å². The number of hydrogen-bond acceptors (Lipinski definition) is 5. The molecule has 138 valence electrons. The molecule has 2 fully saturated rings. The predicted molar refractivity (Wildman–Crippen MR) is 91.3 cm³/mol. The Labute approximate surface area is 151 Å². The minimum absolute atomic E-state index is 0.00188. The summed E-state index contributed by atoms with van der Waals surface area (Å²) >= 11 is 0. The molecule has 0 aromatic carbocycles. The van der Waals surface area contributed by atoms with Crippen molar-refractivity contribution in [1.82, 2.24) is 10.2 Å². The van der Waals surface area contributed by atoms with Gasteiger partial charge in [0.2, 0.25) is 5.91 Å². The van der Waals surface area contributed by atoms with E-state index in [0.29, 0.717) is 43.4 Å². The molecule has 4 heterocycles. The molecule has 3 atom stereocenters. The van der Waals surface area contributed by atoms with Gasteiger partial charge >= 0.3 is 0 Å². The lowest BCUT2D eigenvalue weighted by atomic mass is 9.89. The Morgan fingerprint density at radius 2 is 2.19 bits per heavy atom. The van der Waals surface area contributed by atoms with Gasteiger partial charge in [-0.15, -0.1) is 0 Å². The summed E-state index contributed by atoms with van der Waals surface area (Å²) in [5.41, 5.74) is 0. The van der Waals surface area contributed by atoms with Crippen molar-refractivity contribution in [2.75, 3.05) is 13.2 Å². The highest BCUT2D eigenvalue weighted by Crippen LogP contribution is 2.32. The van der Waals surface area contributed by atoms with Gasteiger partial charge in [-0.3, -0.25) is 9.59 Å². The number of aryl methyl sites for hydroxylation is 1. The van der Waals surface area contributed by atoms with E-state index in [1.165, 1.54) is 0 Å². The van der Waals surface area contributed by atoms with Crippen LogP contribution in [0.3, 0.4) is 0 Å². The fraction of sp³-hybridized carbons (Fsp3) is 0.474. The zero-order chi connectivity index (χ0) is 18.1. The van der Waals surface area contributed by atoms with Crippen LogP contribution in [0.1, 0.15) is 34.9 Å². The molecule has 0 aliphatic carbocycles. The number of piperidine rings is 1. The second kappa shape index (κ2) is 6.99. The summed E-state index contributed by atoms with van der Waals surface area (Å²) in [6.45, 7) is 3.12. The van der Waals surface area contributed by atoms with E-state index in [2.05, 4.69) is 5.32 Å². The molecule has 0 bridgehead atoms. The summed E-state index contributed by atoms with van der Waals surface area (Å²) in [7, 11) is 0. The van der Waals surface area contributed by atoms with Crippen molar-refractivity contribution in [3.8, 4) is 0 Å². The fourth-order valence-corrected chi connectivity index (χ4v) is 3.79. The van der Waals surface area contributed by atoms with Crippen molar-refractivity contribution < 1.29 is 23.2 Å². The van der Waals surface area contributed by atoms with Gasteiger partial charge in [0, 0.05) is 13.2 Å². The largest absolute Gasteiger partial charge is 0.467 e. The number of carbonyl (C=O) groups excluding carboxylic acids is 2. The van der Waals surface area contributed by atoms with Crippen molar-refractivity contribution in [3.05, 3.63) is 47.8 Å². The highest BCUT2D eigenvalue weighted by atomic mass is 16.5. The molecule has 7 heteroatoms. The molecule has 2 amide bonds. The van der Waals surface area contributed by atoms with Gasteiger partial charge < -0.3 is 23.8 Å². The maximum absolute atomic E-state index is 12.9. The number of ether oxygens (including phenoxy) is 1. The maximum atomic E-state index is 12.9. The van der Waals surface area contributed by atoms with Crippen LogP contribution in [0.2, 0.25) is 0 Å². The number of nitrogens with one attached hydrogen (secondary N) is 1. The van der Waals surface area contributed by atoms with Crippen LogP contribution in [0.5, 0.6) is 0 Å². The SMILES string of the molecule is Cc1ccc(C(=O)N2C[C@H](C(=O)NCc3ccco3)C[C@@H]3OCC[C@@H]32)o1. The van der Waals surface area contributed by atoms with Gasteiger partial charge in [0.1, 0.15) is 11.5 Å². The van der Waals surface area contributed by atoms with Crippen molar-refractivity contribution in [2.24, 2.45) is 5.92 Å². The summed E-state index contributed by atoms with van der Waals surface area (Å²) in [4.78, 5) is 27.3. The van der Waals surface area contributed by atoms with Crippen LogP contribution in [0.25, 0.3) is 0 Å². The Balaban J connectivity index is 1.47. The molecule has 2 saturated heterocycles. The molecule has 1 N–H and O–H groups in total. The molecule has 0 spiro atoms. The third kappa shape index (κ3) is 3.26. The standard InChI is InChI=1S/C19H22N2O5/c1-12-4-5-16(26-12)19(23)21-11-13(9-17-15(21)6-8-25-17)18(22)20-10-14-3-2-7-24-14/h2-5,7,13,15,17H,6,8-11H2,1H3,(H,20,22)/t13-,15+,17+/m1/s1. The quantitative estimate of drug-likeness (QED) is 0.905. The van der Waals surface area contributed by atoms with Crippen molar-refractivity contribution in [3.63, 3.8) is 0 Å². The first-order valence-corrected chi connectivity index (χ1v) is 8.91. The Bertz CT molecular complexity index is 782. The first-order valence-electron chi connectivity index (χ1n) is 8.91. The zero-order valence-electron chi connectivity index (χ0n) is 14.6. The van der Waals surface area contributed by atoms with E-state index in [0.717, 1.165) is 6.42 Å². The number of carbonyl (C=O) groups is 2. The van der Waals surface area contributed by atoms with Crippen LogP contribution in [0.15, 0.2) is 39.4 Å². The predicted octanol–water partition coefficient (Wildman–Crippen LogP) is 2.12. The van der Waals surface area contributed by atoms with Crippen molar-refractivity contribution in [1.29, 1.82) is 0 Å². The van der Waals surface area contributed by atoms with Gasteiger partial charge in [-0.05, 0) is 44.0 Å². The maximum Gasteiger partial charge on any atom is 0.289 e. The summed E-state index contributed by atoms with van der Waals surface area (Å²) in [5, 5.41) is 2.89. The van der Waals surface area contributed by atoms with Crippen LogP contribution < -0.4 is 5.32 Å². The number of rotatable bonds is 4. The molecule has 0 saturated carbocycles. The Morgan fingerprint density at radius 1 is 1.31 bits per heavy atom. The third-order valence-corrected chi connectivity index (χ3v) is 5.11. The number of hydrogen-bond donors (Lipinski definition) is 1. The van der Waals surface area contributed by atoms with E-state index < -0.39 is 0 Å². The first kappa shape index (κ1) is 16.9. The van der Waals surface area contributed by atoms with Gasteiger partial charge in [0.15, 0.2) is 5.76 Å². The summed E-state index contributed by atoms with van der Waals surface area (Å²) in [5.74, 6) is 1.11. The second-order valence-electron chi connectivity index (χ2n) is 6.86. The highest BCUT2D eigenvalue weighted by Gasteiger charge is 2.44. The summed E-state index contributed by atoms with van der Waals surface area (Å²) in [6.07, 6.45) is 2.88. The van der Waals surface area contributed by atoms with E-state index in [4.69, 9.17) is 13.6 Å². The minimum Gasteiger partial charge on any atom is -0.467 e. The highest BCUT2D eigenvalue weighted by molar-refractivity contribution is 5.92. The Kier molecular flexibility index (Phi) is 4.55. The molecular weight excluding hydrogens is 336 g/mol.